The number of benzene rings is 1. The first-order chi connectivity index (χ1) is 10.1. The molecular weight excluding hydrogens is 273 g/mol. The topological polar surface area (TPSA) is 66.6 Å². The highest BCUT2D eigenvalue weighted by Gasteiger charge is 2.41. The van der Waals surface area contributed by atoms with Gasteiger partial charge < -0.3 is 15.5 Å². The van der Waals surface area contributed by atoms with Gasteiger partial charge in [0.25, 0.3) is 0 Å². The maximum Gasteiger partial charge on any atom is 0.246 e. The lowest BCUT2D eigenvalue weighted by molar-refractivity contribution is -0.154. The average Bonchev–Trinajstić information content (AvgIpc) is 2.97. The quantitative estimate of drug-likeness (QED) is 0.887. The van der Waals surface area contributed by atoms with E-state index in [9.17, 15) is 14.0 Å². The summed E-state index contributed by atoms with van der Waals surface area (Å²) >= 11 is 0. The zero-order valence-corrected chi connectivity index (χ0v) is 11.7. The van der Waals surface area contributed by atoms with Crippen LogP contribution in [-0.4, -0.2) is 40.7 Å². The predicted octanol–water partition coefficient (Wildman–Crippen LogP) is 0.618. The summed E-state index contributed by atoms with van der Waals surface area (Å²) in [5.74, 6) is -0.508. The number of hydrogen-bond donors (Lipinski definition) is 1. The lowest BCUT2D eigenvalue weighted by Gasteiger charge is -2.36. The minimum Gasteiger partial charge on any atom is -0.329 e. The Balaban J connectivity index is 1.82. The van der Waals surface area contributed by atoms with E-state index in [0.29, 0.717) is 24.1 Å². The van der Waals surface area contributed by atoms with E-state index in [2.05, 4.69) is 0 Å². The maximum absolute atomic E-state index is 14.2. The van der Waals surface area contributed by atoms with Crippen molar-refractivity contribution in [3.63, 3.8) is 0 Å². The summed E-state index contributed by atoms with van der Waals surface area (Å²) in [6.45, 7) is 0.916. The summed E-state index contributed by atoms with van der Waals surface area (Å²) in [4.78, 5) is 27.6. The van der Waals surface area contributed by atoms with Crippen LogP contribution in [0.25, 0.3) is 0 Å². The van der Waals surface area contributed by atoms with Crippen LogP contribution in [0.5, 0.6) is 0 Å². The van der Waals surface area contributed by atoms with Crippen molar-refractivity contribution in [1.29, 1.82) is 0 Å². The van der Waals surface area contributed by atoms with Crippen molar-refractivity contribution in [2.75, 3.05) is 13.1 Å². The molecule has 3 rings (SSSR count). The van der Waals surface area contributed by atoms with Gasteiger partial charge in [-0.05, 0) is 12.8 Å². The van der Waals surface area contributed by atoms with Gasteiger partial charge in [-0.3, -0.25) is 9.59 Å². The minimum absolute atomic E-state index is 0.0294. The molecule has 0 spiro atoms. The second-order valence-electron chi connectivity index (χ2n) is 5.53. The summed E-state index contributed by atoms with van der Waals surface area (Å²) in [5.41, 5.74) is 6.32. The van der Waals surface area contributed by atoms with Gasteiger partial charge in [0, 0.05) is 30.8 Å². The molecule has 6 heteroatoms. The van der Waals surface area contributed by atoms with Gasteiger partial charge in [-0.25, -0.2) is 4.39 Å². The first-order valence-corrected chi connectivity index (χ1v) is 7.16. The third kappa shape index (κ3) is 2.40. The number of rotatable bonds is 3. The van der Waals surface area contributed by atoms with Crippen LogP contribution < -0.4 is 5.73 Å². The Hall–Kier alpha value is -1.95. The zero-order valence-electron chi connectivity index (χ0n) is 11.7. The molecule has 5 nitrogen and oxygen atoms in total. The number of nitrogens with two attached hydrogens (primary N) is 1. The van der Waals surface area contributed by atoms with E-state index in [0.717, 1.165) is 6.42 Å². The third-order valence-electron chi connectivity index (χ3n) is 4.24. The van der Waals surface area contributed by atoms with E-state index >= 15 is 0 Å². The molecule has 2 saturated heterocycles. The van der Waals surface area contributed by atoms with Crippen LogP contribution in [0.1, 0.15) is 24.0 Å². The zero-order chi connectivity index (χ0) is 15.0. The van der Waals surface area contributed by atoms with Gasteiger partial charge in [0.05, 0.1) is 0 Å². The molecule has 0 aliphatic carbocycles. The molecule has 2 amide bonds. The van der Waals surface area contributed by atoms with Crippen molar-refractivity contribution in [3.05, 3.63) is 35.1 Å². The molecule has 0 aromatic heterocycles. The fraction of sp³-hybridized carbons (Fsp3) is 0.467. The van der Waals surface area contributed by atoms with Crippen molar-refractivity contribution < 1.29 is 14.0 Å². The van der Waals surface area contributed by atoms with E-state index < -0.39 is 0 Å². The molecule has 2 aliphatic heterocycles. The Bertz CT molecular complexity index is 590. The maximum atomic E-state index is 14.2. The Morgan fingerprint density at radius 3 is 2.81 bits per heavy atom. The molecule has 1 atom stereocenters. The molecule has 0 radical (unpaired) electrons. The van der Waals surface area contributed by atoms with Crippen LogP contribution in [0.2, 0.25) is 0 Å². The predicted molar refractivity (Wildman–Crippen MR) is 74.4 cm³/mol. The smallest absolute Gasteiger partial charge is 0.246 e. The highest BCUT2D eigenvalue weighted by Crippen LogP contribution is 2.25. The van der Waals surface area contributed by atoms with Crippen LogP contribution in [0.3, 0.4) is 0 Å². The Morgan fingerprint density at radius 2 is 2.05 bits per heavy atom. The van der Waals surface area contributed by atoms with Crippen LogP contribution in [-0.2, 0) is 22.7 Å². The fourth-order valence-corrected chi connectivity index (χ4v) is 3.12. The van der Waals surface area contributed by atoms with Crippen molar-refractivity contribution >= 4 is 11.8 Å². The second kappa shape index (κ2) is 5.44. The number of hydrogen-bond acceptors (Lipinski definition) is 3. The number of carbonyl (C=O) groups excluding carboxylic acids is 2. The molecule has 2 fully saturated rings. The van der Waals surface area contributed by atoms with Crippen LogP contribution in [0, 0.1) is 5.82 Å². The SMILES string of the molecule is NCc1cccc(CN2CC(=O)N3CCCC3C2=O)c1F. The van der Waals surface area contributed by atoms with E-state index in [1.54, 1.807) is 23.1 Å². The van der Waals surface area contributed by atoms with Gasteiger partial charge in [-0.15, -0.1) is 0 Å². The van der Waals surface area contributed by atoms with Gasteiger partial charge >= 0.3 is 0 Å². The molecule has 2 heterocycles. The molecule has 0 saturated carbocycles. The normalized spacial score (nSPS) is 21.9. The number of amides is 2. The lowest BCUT2D eigenvalue weighted by Crippen LogP contribution is -2.56. The number of halogens is 1. The van der Waals surface area contributed by atoms with Crippen molar-refractivity contribution in [2.45, 2.75) is 32.0 Å². The molecule has 112 valence electrons. The highest BCUT2D eigenvalue weighted by molar-refractivity contribution is 5.95. The van der Waals surface area contributed by atoms with Crippen LogP contribution >= 0.6 is 0 Å². The van der Waals surface area contributed by atoms with Crippen molar-refractivity contribution in [2.24, 2.45) is 5.73 Å². The summed E-state index contributed by atoms with van der Waals surface area (Å²) in [5, 5.41) is 0. The molecule has 21 heavy (non-hydrogen) atoms. The first-order valence-electron chi connectivity index (χ1n) is 7.16. The van der Waals surface area contributed by atoms with Gasteiger partial charge in [0.2, 0.25) is 11.8 Å². The third-order valence-corrected chi connectivity index (χ3v) is 4.24. The summed E-state index contributed by atoms with van der Waals surface area (Å²) < 4.78 is 14.2. The first kappa shape index (κ1) is 14.0. The monoisotopic (exact) mass is 291 g/mol. The number of carbonyl (C=O) groups is 2. The van der Waals surface area contributed by atoms with Gasteiger partial charge in [-0.1, -0.05) is 18.2 Å². The van der Waals surface area contributed by atoms with Crippen molar-refractivity contribution in [3.8, 4) is 0 Å². The van der Waals surface area contributed by atoms with Crippen molar-refractivity contribution in [1.82, 2.24) is 9.80 Å². The minimum atomic E-state index is -0.380. The Kier molecular flexibility index (Phi) is 3.63. The molecule has 1 aromatic rings. The molecule has 1 aromatic carbocycles. The molecule has 0 bridgehead atoms. The Morgan fingerprint density at radius 1 is 1.29 bits per heavy atom. The Labute approximate surface area is 122 Å². The van der Waals surface area contributed by atoms with E-state index in [1.165, 1.54) is 4.90 Å². The van der Waals surface area contributed by atoms with Gasteiger partial charge in [0.1, 0.15) is 18.4 Å². The molecular formula is C15H18FN3O2. The highest BCUT2D eigenvalue weighted by atomic mass is 19.1. The van der Waals surface area contributed by atoms with Gasteiger partial charge in [-0.2, -0.15) is 0 Å². The van der Waals surface area contributed by atoms with E-state index in [4.69, 9.17) is 5.73 Å². The fourth-order valence-electron chi connectivity index (χ4n) is 3.12. The second-order valence-corrected chi connectivity index (χ2v) is 5.53. The summed E-state index contributed by atoms with van der Waals surface area (Å²) in [7, 11) is 0. The molecule has 2 N–H and O–H groups in total. The average molecular weight is 291 g/mol. The lowest BCUT2D eigenvalue weighted by atomic mass is 10.1. The standard InChI is InChI=1S/C15H18FN3O2/c16-14-10(7-17)3-1-4-11(14)8-18-9-13(20)19-6-2-5-12(19)15(18)21/h1,3-4,12H,2,5-9,17H2. The molecule has 2 aliphatic rings. The number of nitrogens with zero attached hydrogens (tertiary/aromatic N) is 2. The largest absolute Gasteiger partial charge is 0.329 e. The van der Waals surface area contributed by atoms with E-state index in [-0.39, 0.29) is 43.3 Å². The van der Waals surface area contributed by atoms with Crippen LogP contribution in [0.15, 0.2) is 18.2 Å². The summed E-state index contributed by atoms with van der Waals surface area (Å²) in [6, 6.07) is 4.62. The van der Waals surface area contributed by atoms with E-state index in [1.807, 2.05) is 0 Å². The molecule has 1 unspecified atom stereocenters. The number of fused-ring (bicyclic) bond motifs is 1. The summed E-state index contributed by atoms with van der Waals surface area (Å²) in [6.07, 6.45) is 1.55. The van der Waals surface area contributed by atoms with Crippen LogP contribution in [0.4, 0.5) is 4.39 Å². The van der Waals surface area contributed by atoms with Gasteiger partial charge in [0.15, 0.2) is 0 Å². The number of piperazine rings is 1.